The minimum Gasteiger partial charge on any atom is -0.394 e. The number of hydrogen-bond acceptors (Lipinski definition) is 6. The number of ether oxygens (including phenoxy) is 1. The molecular weight excluding hydrogens is 292 g/mol. The molecule has 8 nitrogen and oxygen atoms in total. The number of rotatable bonds is 2. The van der Waals surface area contributed by atoms with Crippen LogP contribution in [0.1, 0.15) is 46.8 Å². The van der Waals surface area contributed by atoms with E-state index in [0.717, 1.165) is 0 Å². The van der Waals surface area contributed by atoms with Gasteiger partial charge in [0.25, 0.3) is 5.56 Å². The highest BCUT2D eigenvalue weighted by Gasteiger charge is 2.26. The Morgan fingerprint density at radius 2 is 1.86 bits per heavy atom. The molecule has 1 aromatic heterocycles. The lowest BCUT2D eigenvalue weighted by atomic mass is 10.2. The fourth-order valence-electron chi connectivity index (χ4n) is 1.68. The molecule has 22 heavy (non-hydrogen) atoms. The standard InChI is InChI=1S/C9H12N2O4.C3H8O2.C2H6/c12-5-6-1-2-8(15-6)11-4-3-7(13)10-9(11)14;1-3(2,4)5;1-2/h3-4,6,8,12H,1-2,5H2,(H,10,13,14);4-5H,1-2H3;1-2H3/t6-,8?;;/m0../s1. The van der Waals surface area contributed by atoms with Crippen LogP contribution in [-0.2, 0) is 4.74 Å². The maximum atomic E-state index is 11.4. The van der Waals surface area contributed by atoms with E-state index < -0.39 is 17.0 Å². The lowest BCUT2D eigenvalue weighted by Crippen LogP contribution is -2.31. The van der Waals surface area contributed by atoms with Crippen LogP contribution in [0.3, 0.4) is 0 Å². The molecule has 128 valence electrons. The first-order valence-electron chi connectivity index (χ1n) is 7.23. The van der Waals surface area contributed by atoms with Crippen molar-refractivity contribution in [1.29, 1.82) is 0 Å². The second-order valence-electron chi connectivity index (χ2n) is 4.98. The van der Waals surface area contributed by atoms with Crippen molar-refractivity contribution < 1.29 is 20.1 Å². The van der Waals surface area contributed by atoms with Crippen LogP contribution in [0.4, 0.5) is 0 Å². The lowest BCUT2D eigenvalue weighted by Gasteiger charge is -2.13. The number of aliphatic hydroxyl groups is 3. The SMILES string of the molecule is CC.CC(C)(O)O.O=c1ccn(C2CC[C@@H](CO)O2)c(=O)[nH]1. The van der Waals surface area contributed by atoms with Crippen LogP contribution in [-0.4, -0.2) is 43.4 Å². The number of nitrogens with zero attached hydrogens (tertiary/aromatic N) is 1. The van der Waals surface area contributed by atoms with Gasteiger partial charge in [-0.05, 0) is 26.7 Å². The van der Waals surface area contributed by atoms with Gasteiger partial charge in [0.05, 0.1) is 12.7 Å². The summed E-state index contributed by atoms with van der Waals surface area (Å²) >= 11 is 0. The van der Waals surface area contributed by atoms with Crippen LogP contribution in [0, 0.1) is 0 Å². The Morgan fingerprint density at radius 1 is 1.32 bits per heavy atom. The zero-order valence-corrected chi connectivity index (χ0v) is 13.4. The third-order valence-corrected chi connectivity index (χ3v) is 2.45. The molecule has 4 N–H and O–H groups in total. The van der Waals surface area contributed by atoms with Gasteiger partial charge in [-0.2, -0.15) is 0 Å². The minimum absolute atomic E-state index is 0.0470. The molecule has 2 heterocycles. The van der Waals surface area contributed by atoms with E-state index in [9.17, 15) is 9.59 Å². The third-order valence-electron chi connectivity index (χ3n) is 2.45. The van der Waals surface area contributed by atoms with Crippen molar-refractivity contribution in [3.63, 3.8) is 0 Å². The number of aromatic nitrogens is 2. The number of aromatic amines is 1. The van der Waals surface area contributed by atoms with Crippen molar-refractivity contribution in [1.82, 2.24) is 9.55 Å². The second-order valence-corrected chi connectivity index (χ2v) is 4.98. The molecule has 0 bridgehead atoms. The Balaban J connectivity index is 0.000000540. The molecule has 0 saturated carbocycles. The van der Waals surface area contributed by atoms with Crippen molar-refractivity contribution in [2.45, 2.75) is 58.7 Å². The van der Waals surface area contributed by atoms with Crippen molar-refractivity contribution in [3.05, 3.63) is 33.1 Å². The zero-order chi connectivity index (χ0) is 17.3. The summed E-state index contributed by atoms with van der Waals surface area (Å²) in [4.78, 5) is 24.4. The summed E-state index contributed by atoms with van der Waals surface area (Å²) in [6, 6.07) is 1.27. The van der Waals surface area contributed by atoms with Gasteiger partial charge in [-0.1, -0.05) is 13.8 Å². The predicted octanol–water partition coefficient (Wildman–Crippen LogP) is -0.0602. The van der Waals surface area contributed by atoms with Gasteiger partial charge in [0.2, 0.25) is 0 Å². The molecule has 1 unspecified atom stereocenters. The Hall–Kier alpha value is -1.48. The summed E-state index contributed by atoms with van der Waals surface area (Å²) in [5.41, 5.74) is -0.904. The smallest absolute Gasteiger partial charge is 0.330 e. The number of H-pyrrole nitrogens is 1. The molecule has 0 aromatic carbocycles. The molecule has 1 saturated heterocycles. The van der Waals surface area contributed by atoms with E-state index in [0.29, 0.717) is 12.8 Å². The zero-order valence-electron chi connectivity index (χ0n) is 13.4. The average Bonchev–Trinajstić information content (AvgIpc) is 2.88. The van der Waals surface area contributed by atoms with Crippen LogP contribution in [0.5, 0.6) is 0 Å². The summed E-state index contributed by atoms with van der Waals surface area (Å²) in [5, 5.41) is 25.0. The summed E-state index contributed by atoms with van der Waals surface area (Å²) in [6.45, 7) is 6.55. The van der Waals surface area contributed by atoms with Crippen molar-refractivity contribution in [3.8, 4) is 0 Å². The van der Waals surface area contributed by atoms with Crippen molar-refractivity contribution in [2.24, 2.45) is 0 Å². The summed E-state index contributed by atoms with van der Waals surface area (Å²) in [6.07, 6.45) is 2.19. The second kappa shape index (κ2) is 9.52. The van der Waals surface area contributed by atoms with Gasteiger partial charge in [-0.3, -0.25) is 14.3 Å². The van der Waals surface area contributed by atoms with Gasteiger partial charge in [-0.25, -0.2) is 4.79 Å². The monoisotopic (exact) mass is 318 g/mol. The molecule has 0 radical (unpaired) electrons. The van der Waals surface area contributed by atoms with Crippen LogP contribution in [0.15, 0.2) is 21.9 Å². The Bertz CT molecular complexity index is 525. The molecule has 2 atom stereocenters. The van der Waals surface area contributed by atoms with E-state index in [1.165, 1.54) is 30.7 Å². The summed E-state index contributed by atoms with van der Waals surface area (Å²) in [5.74, 6) is -1.50. The van der Waals surface area contributed by atoms with Gasteiger partial charge in [0.15, 0.2) is 5.79 Å². The van der Waals surface area contributed by atoms with Gasteiger partial charge in [0.1, 0.15) is 6.23 Å². The van der Waals surface area contributed by atoms with Crippen molar-refractivity contribution >= 4 is 0 Å². The van der Waals surface area contributed by atoms with Gasteiger partial charge in [0, 0.05) is 12.3 Å². The minimum atomic E-state index is -1.50. The topological polar surface area (TPSA) is 125 Å². The van der Waals surface area contributed by atoms with Gasteiger partial charge in [-0.15, -0.1) is 0 Å². The Morgan fingerprint density at radius 3 is 2.27 bits per heavy atom. The largest absolute Gasteiger partial charge is 0.394 e. The van der Waals surface area contributed by atoms with Crippen LogP contribution >= 0.6 is 0 Å². The average molecular weight is 318 g/mol. The van der Waals surface area contributed by atoms with Crippen LogP contribution in [0.25, 0.3) is 0 Å². The highest BCUT2D eigenvalue weighted by atomic mass is 16.5. The van der Waals surface area contributed by atoms with Gasteiger partial charge >= 0.3 is 5.69 Å². The third kappa shape index (κ3) is 8.08. The Labute approximate surface area is 129 Å². The predicted molar refractivity (Wildman–Crippen MR) is 81.4 cm³/mol. The molecule has 2 rings (SSSR count). The van der Waals surface area contributed by atoms with Gasteiger partial charge < -0.3 is 20.1 Å². The quantitative estimate of drug-likeness (QED) is 0.566. The van der Waals surface area contributed by atoms with Crippen LogP contribution < -0.4 is 11.2 Å². The number of nitrogens with one attached hydrogen (secondary N) is 1. The maximum Gasteiger partial charge on any atom is 0.330 e. The first-order chi connectivity index (χ1) is 10.2. The van der Waals surface area contributed by atoms with E-state index in [2.05, 4.69) is 4.98 Å². The molecule has 1 aliphatic rings. The maximum absolute atomic E-state index is 11.4. The molecule has 1 aliphatic heterocycles. The molecule has 1 aromatic rings. The number of aliphatic hydroxyl groups excluding tert-OH is 1. The lowest BCUT2D eigenvalue weighted by molar-refractivity contribution is -0.127. The molecule has 0 spiro atoms. The van der Waals surface area contributed by atoms with Crippen molar-refractivity contribution in [2.75, 3.05) is 6.61 Å². The number of hydrogen-bond donors (Lipinski definition) is 4. The summed E-state index contributed by atoms with van der Waals surface area (Å²) in [7, 11) is 0. The van der Waals surface area contributed by atoms with Crippen LogP contribution in [0.2, 0.25) is 0 Å². The molecule has 1 fully saturated rings. The molecule has 0 aliphatic carbocycles. The fourth-order valence-corrected chi connectivity index (χ4v) is 1.68. The Kier molecular flexibility index (Phi) is 8.88. The molecular formula is C14H26N2O6. The first-order valence-corrected chi connectivity index (χ1v) is 7.23. The normalized spacial score (nSPS) is 20.5. The summed E-state index contributed by atoms with van der Waals surface area (Å²) < 4.78 is 6.74. The van der Waals surface area contributed by atoms with E-state index in [-0.39, 0.29) is 18.9 Å². The highest BCUT2D eigenvalue weighted by molar-refractivity contribution is 4.85. The van der Waals surface area contributed by atoms with E-state index in [4.69, 9.17) is 20.1 Å². The van der Waals surface area contributed by atoms with E-state index in [1.807, 2.05) is 13.8 Å². The van der Waals surface area contributed by atoms with E-state index >= 15 is 0 Å². The molecule has 0 amide bonds. The van der Waals surface area contributed by atoms with E-state index in [1.54, 1.807) is 0 Å². The first kappa shape index (κ1) is 20.5. The highest BCUT2D eigenvalue weighted by Crippen LogP contribution is 2.26. The molecule has 8 heteroatoms. The fraction of sp³-hybridized carbons (Fsp3) is 0.714.